The Morgan fingerprint density at radius 3 is 2.58 bits per heavy atom. The lowest BCUT2D eigenvalue weighted by Gasteiger charge is -2.14. The Morgan fingerprint density at radius 1 is 1.16 bits per heavy atom. The van der Waals surface area contributed by atoms with E-state index in [0.29, 0.717) is 16.5 Å². The van der Waals surface area contributed by atoms with Crippen LogP contribution >= 0.6 is 27.5 Å². The topological polar surface area (TPSA) is 26.0 Å². The smallest absolute Gasteiger partial charge is 0.142 e. The molecule has 0 radical (unpaired) electrons. The first-order valence-electron chi connectivity index (χ1n) is 5.62. The van der Waals surface area contributed by atoms with Gasteiger partial charge in [-0.25, -0.2) is 8.78 Å². The van der Waals surface area contributed by atoms with E-state index in [0.717, 1.165) is 5.56 Å². The van der Waals surface area contributed by atoms with E-state index in [4.69, 9.17) is 17.3 Å². The molecule has 0 spiro atoms. The highest BCUT2D eigenvalue weighted by Crippen LogP contribution is 2.26. The van der Waals surface area contributed by atoms with Gasteiger partial charge in [-0.1, -0.05) is 29.8 Å². The van der Waals surface area contributed by atoms with Crippen molar-refractivity contribution in [3.63, 3.8) is 0 Å². The summed E-state index contributed by atoms with van der Waals surface area (Å²) in [6, 6.07) is 8.77. The van der Waals surface area contributed by atoms with E-state index in [1.807, 2.05) is 0 Å². The minimum atomic E-state index is -0.507. The molecule has 100 valence electrons. The van der Waals surface area contributed by atoms with Crippen LogP contribution in [0, 0.1) is 11.6 Å². The van der Waals surface area contributed by atoms with E-state index in [1.54, 1.807) is 18.2 Å². The third-order valence-corrected chi connectivity index (χ3v) is 4.04. The maximum absolute atomic E-state index is 13.4. The SMILES string of the molecule is NC(Cc1cccc(F)c1Br)c1ccc(Cl)c(F)c1. The summed E-state index contributed by atoms with van der Waals surface area (Å²) in [7, 11) is 0. The zero-order valence-electron chi connectivity index (χ0n) is 9.84. The van der Waals surface area contributed by atoms with Crippen molar-refractivity contribution in [1.29, 1.82) is 0 Å². The molecule has 0 heterocycles. The van der Waals surface area contributed by atoms with Gasteiger partial charge in [-0.05, 0) is 51.7 Å². The minimum absolute atomic E-state index is 0.0582. The van der Waals surface area contributed by atoms with Gasteiger partial charge < -0.3 is 5.73 Å². The van der Waals surface area contributed by atoms with Gasteiger partial charge in [-0.15, -0.1) is 0 Å². The zero-order valence-corrected chi connectivity index (χ0v) is 12.2. The molecule has 1 unspecified atom stereocenters. The lowest BCUT2D eigenvalue weighted by molar-refractivity contribution is 0.609. The monoisotopic (exact) mass is 345 g/mol. The van der Waals surface area contributed by atoms with Crippen molar-refractivity contribution in [3.05, 3.63) is 68.7 Å². The summed E-state index contributed by atoms with van der Waals surface area (Å²) in [5, 5.41) is 0.0582. The maximum Gasteiger partial charge on any atom is 0.142 e. The van der Waals surface area contributed by atoms with Crippen LogP contribution in [0.2, 0.25) is 5.02 Å². The van der Waals surface area contributed by atoms with Gasteiger partial charge in [0.05, 0.1) is 9.50 Å². The summed E-state index contributed by atoms with van der Waals surface area (Å²) in [6.45, 7) is 0. The molecule has 2 N–H and O–H groups in total. The summed E-state index contributed by atoms with van der Waals surface area (Å²) in [5.74, 6) is -0.847. The fourth-order valence-corrected chi connectivity index (χ4v) is 2.35. The highest BCUT2D eigenvalue weighted by Gasteiger charge is 2.13. The Kier molecular flexibility index (Phi) is 4.55. The van der Waals surface area contributed by atoms with E-state index in [-0.39, 0.29) is 10.8 Å². The molecule has 0 aliphatic rings. The van der Waals surface area contributed by atoms with Gasteiger partial charge in [0, 0.05) is 6.04 Å². The van der Waals surface area contributed by atoms with Crippen molar-refractivity contribution in [2.45, 2.75) is 12.5 Å². The van der Waals surface area contributed by atoms with Gasteiger partial charge in [0.2, 0.25) is 0 Å². The highest BCUT2D eigenvalue weighted by atomic mass is 79.9. The summed E-state index contributed by atoms with van der Waals surface area (Å²) >= 11 is 8.80. The second kappa shape index (κ2) is 5.99. The van der Waals surface area contributed by atoms with E-state index in [9.17, 15) is 8.78 Å². The predicted octanol–water partition coefficient (Wildman–Crippen LogP) is 4.62. The minimum Gasteiger partial charge on any atom is -0.324 e. The fourth-order valence-electron chi connectivity index (χ4n) is 1.80. The Bertz CT molecular complexity index is 604. The molecule has 2 aromatic carbocycles. The molecular weight excluding hydrogens is 336 g/mol. The highest BCUT2D eigenvalue weighted by molar-refractivity contribution is 9.10. The van der Waals surface area contributed by atoms with Crippen LogP contribution < -0.4 is 5.73 Å². The first-order valence-corrected chi connectivity index (χ1v) is 6.79. The zero-order chi connectivity index (χ0) is 14.0. The van der Waals surface area contributed by atoms with Crippen molar-refractivity contribution in [2.24, 2.45) is 5.73 Å². The fraction of sp³-hybridized carbons (Fsp3) is 0.143. The number of hydrogen-bond donors (Lipinski definition) is 1. The Labute approximate surface area is 123 Å². The van der Waals surface area contributed by atoms with Crippen LogP contribution in [-0.4, -0.2) is 0 Å². The Hall–Kier alpha value is -0.970. The Balaban J connectivity index is 2.23. The summed E-state index contributed by atoms with van der Waals surface area (Å²) < 4.78 is 27.1. The van der Waals surface area contributed by atoms with E-state index < -0.39 is 11.9 Å². The van der Waals surface area contributed by atoms with Crippen LogP contribution in [-0.2, 0) is 6.42 Å². The van der Waals surface area contributed by atoms with Crippen molar-refractivity contribution in [1.82, 2.24) is 0 Å². The molecule has 2 aromatic rings. The first-order chi connectivity index (χ1) is 8.99. The second-order valence-electron chi connectivity index (χ2n) is 4.20. The van der Waals surface area contributed by atoms with Crippen molar-refractivity contribution >= 4 is 27.5 Å². The van der Waals surface area contributed by atoms with Crippen molar-refractivity contribution in [2.75, 3.05) is 0 Å². The average molecular weight is 347 g/mol. The molecule has 0 aromatic heterocycles. The summed E-state index contributed by atoms with van der Waals surface area (Å²) in [6.07, 6.45) is 0.402. The summed E-state index contributed by atoms with van der Waals surface area (Å²) in [4.78, 5) is 0. The quantitative estimate of drug-likeness (QED) is 0.862. The molecule has 1 nitrogen and oxygen atoms in total. The molecule has 0 amide bonds. The average Bonchev–Trinajstić information content (AvgIpc) is 2.38. The lowest BCUT2D eigenvalue weighted by atomic mass is 9.99. The predicted molar refractivity (Wildman–Crippen MR) is 76.1 cm³/mol. The molecule has 0 saturated carbocycles. The van der Waals surface area contributed by atoms with Gasteiger partial charge in [0.15, 0.2) is 0 Å². The van der Waals surface area contributed by atoms with Crippen LogP contribution in [0.4, 0.5) is 8.78 Å². The molecule has 5 heteroatoms. The van der Waals surface area contributed by atoms with E-state index in [2.05, 4.69) is 15.9 Å². The van der Waals surface area contributed by atoms with E-state index in [1.165, 1.54) is 18.2 Å². The number of nitrogens with two attached hydrogens (primary N) is 1. The standard InChI is InChI=1S/C14H11BrClF2N/c15-14-9(2-1-3-11(14)17)7-13(19)8-4-5-10(16)12(18)6-8/h1-6,13H,7,19H2. The van der Waals surface area contributed by atoms with Gasteiger partial charge in [-0.2, -0.15) is 0 Å². The van der Waals surface area contributed by atoms with E-state index >= 15 is 0 Å². The Morgan fingerprint density at radius 2 is 1.89 bits per heavy atom. The number of hydrogen-bond acceptors (Lipinski definition) is 1. The summed E-state index contributed by atoms with van der Waals surface area (Å²) in [5.41, 5.74) is 7.37. The molecular formula is C14H11BrClF2N. The number of halogens is 4. The molecule has 19 heavy (non-hydrogen) atoms. The number of benzene rings is 2. The van der Waals surface area contributed by atoms with Crippen LogP contribution in [0.5, 0.6) is 0 Å². The lowest BCUT2D eigenvalue weighted by Crippen LogP contribution is -2.14. The molecule has 0 aliphatic carbocycles. The van der Waals surface area contributed by atoms with Crippen LogP contribution in [0.15, 0.2) is 40.9 Å². The molecule has 0 bridgehead atoms. The molecule has 0 saturated heterocycles. The van der Waals surface area contributed by atoms with Gasteiger partial charge in [0.25, 0.3) is 0 Å². The van der Waals surface area contributed by atoms with Crippen molar-refractivity contribution in [3.8, 4) is 0 Å². The number of rotatable bonds is 3. The van der Waals surface area contributed by atoms with Gasteiger partial charge in [0.1, 0.15) is 11.6 Å². The van der Waals surface area contributed by atoms with Crippen molar-refractivity contribution < 1.29 is 8.78 Å². The maximum atomic E-state index is 13.4. The third-order valence-electron chi connectivity index (χ3n) is 2.84. The molecule has 0 aliphatic heterocycles. The van der Waals surface area contributed by atoms with Crippen LogP contribution in [0.1, 0.15) is 17.2 Å². The van der Waals surface area contributed by atoms with Gasteiger partial charge >= 0.3 is 0 Å². The third kappa shape index (κ3) is 3.32. The first kappa shape index (κ1) is 14.4. The molecule has 1 atom stereocenters. The second-order valence-corrected chi connectivity index (χ2v) is 5.40. The molecule has 2 rings (SSSR count). The normalized spacial score (nSPS) is 12.5. The molecule has 0 fully saturated rings. The van der Waals surface area contributed by atoms with Crippen LogP contribution in [0.25, 0.3) is 0 Å². The largest absolute Gasteiger partial charge is 0.324 e. The van der Waals surface area contributed by atoms with Gasteiger partial charge in [-0.3, -0.25) is 0 Å². The van der Waals surface area contributed by atoms with Crippen LogP contribution in [0.3, 0.4) is 0 Å².